The first-order chi connectivity index (χ1) is 13.1. The highest BCUT2D eigenvalue weighted by Crippen LogP contribution is 2.32. The van der Waals surface area contributed by atoms with Gasteiger partial charge in [-0.25, -0.2) is 0 Å². The van der Waals surface area contributed by atoms with Crippen molar-refractivity contribution < 1.29 is 19.5 Å². The van der Waals surface area contributed by atoms with E-state index in [0.29, 0.717) is 24.2 Å². The highest BCUT2D eigenvalue weighted by atomic mass is 16.3. The van der Waals surface area contributed by atoms with Crippen LogP contribution in [-0.4, -0.2) is 46.9 Å². The number of carbonyl (C=O) groups excluding carboxylic acids is 3. The summed E-state index contributed by atoms with van der Waals surface area (Å²) in [6.07, 6.45) is 1.36. The standard InChI is InChI=1S/C20H19N3O4/c24-17-10-4-2-7-14(17)21-18(25)12-23-15-8-3-1-6-13(15)19(26)22-11-5-9-16(22)20(23)27/h1-4,6-8,10,16,24H,5,9,11-12H2,(H,21,25). The third-order valence-corrected chi connectivity index (χ3v) is 4.97. The van der Waals surface area contributed by atoms with Crippen molar-refractivity contribution in [3.05, 3.63) is 54.1 Å². The Balaban J connectivity index is 1.65. The number of hydrogen-bond donors (Lipinski definition) is 2. The summed E-state index contributed by atoms with van der Waals surface area (Å²) < 4.78 is 0. The minimum absolute atomic E-state index is 0.0504. The molecule has 0 bridgehead atoms. The van der Waals surface area contributed by atoms with Crippen LogP contribution in [0.25, 0.3) is 0 Å². The number of benzene rings is 2. The van der Waals surface area contributed by atoms with Gasteiger partial charge in [-0.15, -0.1) is 0 Å². The van der Waals surface area contributed by atoms with Crippen LogP contribution in [0, 0.1) is 0 Å². The van der Waals surface area contributed by atoms with Gasteiger partial charge in [-0.3, -0.25) is 14.4 Å². The van der Waals surface area contributed by atoms with Gasteiger partial charge in [0.15, 0.2) is 0 Å². The summed E-state index contributed by atoms with van der Waals surface area (Å²) in [5.41, 5.74) is 1.14. The predicted octanol–water partition coefficient (Wildman–Crippen LogP) is 1.98. The van der Waals surface area contributed by atoms with Gasteiger partial charge in [0, 0.05) is 6.54 Å². The molecule has 27 heavy (non-hydrogen) atoms. The van der Waals surface area contributed by atoms with Crippen molar-refractivity contribution in [2.75, 3.05) is 23.3 Å². The Bertz CT molecular complexity index is 927. The Hall–Kier alpha value is -3.35. The second-order valence-corrected chi connectivity index (χ2v) is 6.66. The molecule has 138 valence electrons. The lowest BCUT2D eigenvalue weighted by atomic mass is 10.1. The van der Waals surface area contributed by atoms with Crippen LogP contribution in [0.15, 0.2) is 48.5 Å². The van der Waals surface area contributed by atoms with E-state index in [-0.39, 0.29) is 29.8 Å². The van der Waals surface area contributed by atoms with E-state index >= 15 is 0 Å². The number of aromatic hydroxyl groups is 1. The normalized spacial score (nSPS) is 18.7. The van der Waals surface area contributed by atoms with Gasteiger partial charge >= 0.3 is 0 Å². The van der Waals surface area contributed by atoms with Crippen molar-refractivity contribution in [1.82, 2.24) is 4.90 Å². The fourth-order valence-corrected chi connectivity index (χ4v) is 3.69. The van der Waals surface area contributed by atoms with Crippen LogP contribution < -0.4 is 10.2 Å². The summed E-state index contributed by atoms with van der Waals surface area (Å²) in [6.45, 7) is 0.309. The van der Waals surface area contributed by atoms with Crippen molar-refractivity contribution in [3.63, 3.8) is 0 Å². The van der Waals surface area contributed by atoms with Gasteiger partial charge in [0.2, 0.25) is 11.8 Å². The van der Waals surface area contributed by atoms with E-state index in [0.717, 1.165) is 6.42 Å². The average Bonchev–Trinajstić information content (AvgIpc) is 3.14. The van der Waals surface area contributed by atoms with E-state index in [2.05, 4.69) is 5.32 Å². The topological polar surface area (TPSA) is 90.0 Å². The van der Waals surface area contributed by atoms with Gasteiger partial charge in [-0.2, -0.15) is 0 Å². The maximum Gasteiger partial charge on any atom is 0.256 e. The Labute approximate surface area is 156 Å². The largest absolute Gasteiger partial charge is 0.506 e. The van der Waals surface area contributed by atoms with Crippen molar-refractivity contribution in [2.24, 2.45) is 0 Å². The molecule has 3 amide bonds. The van der Waals surface area contributed by atoms with Crippen molar-refractivity contribution in [2.45, 2.75) is 18.9 Å². The number of nitrogens with one attached hydrogen (secondary N) is 1. The Kier molecular flexibility index (Phi) is 4.27. The molecule has 0 spiro atoms. The van der Waals surface area contributed by atoms with Crippen LogP contribution in [-0.2, 0) is 9.59 Å². The fourth-order valence-electron chi connectivity index (χ4n) is 3.69. The Morgan fingerprint density at radius 3 is 2.67 bits per heavy atom. The second kappa shape index (κ2) is 6.75. The quantitative estimate of drug-likeness (QED) is 0.814. The van der Waals surface area contributed by atoms with Gasteiger partial charge in [-0.05, 0) is 37.1 Å². The maximum atomic E-state index is 13.1. The van der Waals surface area contributed by atoms with Gasteiger partial charge < -0.3 is 20.2 Å². The average molecular weight is 365 g/mol. The van der Waals surface area contributed by atoms with Crippen LogP contribution in [0.3, 0.4) is 0 Å². The number of amides is 3. The molecule has 1 atom stereocenters. The molecule has 0 saturated carbocycles. The second-order valence-electron chi connectivity index (χ2n) is 6.66. The Morgan fingerprint density at radius 2 is 1.85 bits per heavy atom. The van der Waals surface area contributed by atoms with Crippen LogP contribution in [0.2, 0.25) is 0 Å². The molecule has 2 aliphatic heterocycles. The monoisotopic (exact) mass is 365 g/mol. The fraction of sp³-hybridized carbons (Fsp3) is 0.250. The number of para-hydroxylation sites is 3. The zero-order chi connectivity index (χ0) is 19.0. The summed E-state index contributed by atoms with van der Waals surface area (Å²) in [4.78, 5) is 41.5. The van der Waals surface area contributed by atoms with E-state index in [9.17, 15) is 19.5 Å². The first-order valence-electron chi connectivity index (χ1n) is 8.85. The summed E-state index contributed by atoms with van der Waals surface area (Å²) in [5.74, 6) is -0.924. The van der Waals surface area contributed by atoms with E-state index in [1.165, 1.54) is 11.0 Å². The van der Waals surface area contributed by atoms with Crippen LogP contribution >= 0.6 is 0 Å². The molecule has 2 N–H and O–H groups in total. The molecule has 7 nitrogen and oxygen atoms in total. The van der Waals surface area contributed by atoms with Crippen molar-refractivity contribution >= 4 is 29.1 Å². The molecule has 2 aromatic carbocycles. The number of phenols is 1. The molecule has 4 rings (SSSR count). The minimum Gasteiger partial charge on any atom is -0.506 e. The van der Waals surface area contributed by atoms with Gasteiger partial charge in [-0.1, -0.05) is 24.3 Å². The first-order valence-corrected chi connectivity index (χ1v) is 8.85. The number of rotatable bonds is 3. The molecule has 1 unspecified atom stereocenters. The number of anilines is 2. The molecule has 2 aromatic rings. The predicted molar refractivity (Wildman–Crippen MR) is 99.6 cm³/mol. The SMILES string of the molecule is O=C(CN1C(=O)C2CCCN2C(=O)c2ccccc21)Nc1ccccc1O. The van der Waals surface area contributed by atoms with E-state index in [1.807, 2.05) is 0 Å². The summed E-state index contributed by atoms with van der Waals surface area (Å²) in [7, 11) is 0. The maximum absolute atomic E-state index is 13.1. The molecule has 0 radical (unpaired) electrons. The lowest BCUT2D eigenvalue weighted by Gasteiger charge is -2.25. The van der Waals surface area contributed by atoms with E-state index in [4.69, 9.17) is 0 Å². The van der Waals surface area contributed by atoms with Gasteiger partial charge in [0.05, 0.1) is 16.9 Å². The van der Waals surface area contributed by atoms with Crippen LogP contribution in [0.1, 0.15) is 23.2 Å². The third-order valence-electron chi connectivity index (χ3n) is 4.97. The summed E-state index contributed by atoms with van der Waals surface area (Å²) in [6, 6.07) is 12.7. The summed E-state index contributed by atoms with van der Waals surface area (Å²) in [5, 5.41) is 12.5. The van der Waals surface area contributed by atoms with Crippen molar-refractivity contribution in [1.29, 1.82) is 0 Å². The smallest absolute Gasteiger partial charge is 0.256 e. The number of hydrogen-bond acceptors (Lipinski definition) is 4. The molecule has 0 aromatic heterocycles. The van der Waals surface area contributed by atoms with E-state index < -0.39 is 11.9 Å². The molecule has 2 heterocycles. The molecule has 0 aliphatic carbocycles. The molecular formula is C20H19N3O4. The molecule has 2 aliphatic rings. The van der Waals surface area contributed by atoms with Gasteiger partial charge in [0.1, 0.15) is 18.3 Å². The minimum atomic E-state index is -0.539. The van der Waals surface area contributed by atoms with Crippen LogP contribution in [0.4, 0.5) is 11.4 Å². The number of phenolic OH excluding ortho intramolecular Hbond substituents is 1. The zero-order valence-electron chi connectivity index (χ0n) is 14.6. The van der Waals surface area contributed by atoms with Crippen molar-refractivity contribution in [3.8, 4) is 5.75 Å². The lowest BCUT2D eigenvalue weighted by molar-refractivity contribution is -0.124. The number of nitrogens with zero attached hydrogens (tertiary/aromatic N) is 2. The number of fused-ring (bicyclic) bond motifs is 2. The van der Waals surface area contributed by atoms with Crippen LogP contribution in [0.5, 0.6) is 5.75 Å². The molecular weight excluding hydrogens is 346 g/mol. The first kappa shape index (κ1) is 17.1. The molecule has 7 heteroatoms. The summed E-state index contributed by atoms with van der Waals surface area (Å²) >= 11 is 0. The Morgan fingerprint density at radius 1 is 1.11 bits per heavy atom. The number of carbonyl (C=O) groups is 3. The molecule has 1 fully saturated rings. The highest BCUT2D eigenvalue weighted by molar-refractivity contribution is 6.13. The van der Waals surface area contributed by atoms with E-state index in [1.54, 1.807) is 47.4 Å². The van der Waals surface area contributed by atoms with Gasteiger partial charge in [0.25, 0.3) is 5.91 Å². The zero-order valence-corrected chi connectivity index (χ0v) is 14.6. The molecule has 1 saturated heterocycles. The highest BCUT2D eigenvalue weighted by Gasteiger charge is 2.42. The lowest BCUT2D eigenvalue weighted by Crippen LogP contribution is -2.47. The third kappa shape index (κ3) is 3.01.